The first-order valence-corrected chi connectivity index (χ1v) is 8.94. The van der Waals surface area contributed by atoms with E-state index >= 15 is 0 Å². The average molecular weight is 375 g/mol. The predicted octanol–water partition coefficient (Wildman–Crippen LogP) is 4.20. The van der Waals surface area contributed by atoms with E-state index in [1.165, 1.54) is 0 Å². The van der Waals surface area contributed by atoms with Gasteiger partial charge in [-0.1, -0.05) is 36.7 Å². The number of esters is 1. The number of ether oxygens (including phenoxy) is 1. The second-order valence-corrected chi connectivity index (χ2v) is 6.29. The van der Waals surface area contributed by atoms with E-state index in [1.54, 1.807) is 24.3 Å². The maximum absolute atomic E-state index is 12.1. The Morgan fingerprint density at radius 3 is 2.46 bits per heavy atom. The lowest BCUT2D eigenvalue weighted by Gasteiger charge is -2.15. The third-order valence-corrected chi connectivity index (χ3v) is 4.13. The van der Waals surface area contributed by atoms with Gasteiger partial charge >= 0.3 is 5.97 Å². The van der Waals surface area contributed by atoms with Crippen molar-refractivity contribution in [2.45, 2.75) is 26.3 Å². The summed E-state index contributed by atoms with van der Waals surface area (Å²) in [5.74, 6) is -0.537. The zero-order valence-corrected chi connectivity index (χ0v) is 15.7. The van der Waals surface area contributed by atoms with Crippen molar-refractivity contribution in [2.24, 2.45) is 0 Å². The van der Waals surface area contributed by atoms with Crippen molar-refractivity contribution in [3.63, 3.8) is 0 Å². The van der Waals surface area contributed by atoms with Crippen LogP contribution in [0.3, 0.4) is 0 Å². The number of hydrogen-bond donors (Lipinski definition) is 2. The highest BCUT2D eigenvalue weighted by Crippen LogP contribution is 2.21. The van der Waals surface area contributed by atoms with Crippen molar-refractivity contribution in [2.75, 3.05) is 18.5 Å². The largest absolute Gasteiger partial charge is 0.462 e. The van der Waals surface area contributed by atoms with Crippen LogP contribution in [-0.4, -0.2) is 25.0 Å². The van der Waals surface area contributed by atoms with Gasteiger partial charge in [0.2, 0.25) is 5.91 Å². The zero-order valence-electron chi connectivity index (χ0n) is 14.9. The fraction of sp³-hybridized carbons (Fsp3) is 0.300. The summed E-state index contributed by atoms with van der Waals surface area (Å²) in [5, 5.41) is 6.59. The SMILES string of the molecule is CCCOC(=O)c1ccc(NC(=O)CN[C@@H](C)c2ccccc2Cl)cc1. The Morgan fingerprint density at radius 1 is 1.12 bits per heavy atom. The van der Waals surface area contributed by atoms with Gasteiger partial charge in [-0.25, -0.2) is 4.79 Å². The summed E-state index contributed by atoms with van der Waals surface area (Å²) in [5.41, 5.74) is 2.02. The molecule has 0 aliphatic heterocycles. The molecule has 6 heteroatoms. The molecular weight excluding hydrogens is 352 g/mol. The van der Waals surface area contributed by atoms with Crippen molar-refractivity contribution < 1.29 is 14.3 Å². The normalized spacial score (nSPS) is 11.7. The van der Waals surface area contributed by atoms with Crippen LogP contribution in [0.2, 0.25) is 5.02 Å². The van der Waals surface area contributed by atoms with Gasteiger partial charge < -0.3 is 15.4 Å². The van der Waals surface area contributed by atoms with Crippen LogP contribution in [0.15, 0.2) is 48.5 Å². The molecule has 1 atom stereocenters. The molecule has 0 bridgehead atoms. The molecule has 26 heavy (non-hydrogen) atoms. The second-order valence-electron chi connectivity index (χ2n) is 5.89. The van der Waals surface area contributed by atoms with Crippen molar-refractivity contribution in [3.05, 3.63) is 64.7 Å². The molecule has 0 saturated carbocycles. The summed E-state index contributed by atoms with van der Waals surface area (Å²) in [4.78, 5) is 23.8. The van der Waals surface area contributed by atoms with E-state index in [9.17, 15) is 9.59 Å². The molecule has 0 saturated heterocycles. The molecule has 0 aliphatic rings. The van der Waals surface area contributed by atoms with Crippen LogP contribution in [-0.2, 0) is 9.53 Å². The fourth-order valence-electron chi connectivity index (χ4n) is 2.35. The van der Waals surface area contributed by atoms with Crippen LogP contribution < -0.4 is 10.6 Å². The molecule has 0 fully saturated rings. The minimum absolute atomic E-state index is 0.0508. The zero-order chi connectivity index (χ0) is 18.9. The molecular formula is C20H23ClN2O3. The summed E-state index contributed by atoms with van der Waals surface area (Å²) < 4.78 is 5.07. The van der Waals surface area contributed by atoms with Gasteiger partial charge in [-0.05, 0) is 49.2 Å². The van der Waals surface area contributed by atoms with Gasteiger partial charge in [-0.15, -0.1) is 0 Å². The fourth-order valence-corrected chi connectivity index (χ4v) is 2.65. The predicted molar refractivity (Wildman–Crippen MR) is 104 cm³/mol. The van der Waals surface area contributed by atoms with Crippen molar-refractivity contribution >= 4 is 29.2 Å². The van der Waals surface area contributed by atoms with Crippen LogP contribution in [0.4, 0.5) is 5.69 Å². The van der Waals surface area contributed by atoms with Gasteiger partial charge in [0.1, 0.15) is 0 Å². The molecule has 138 valence electrons. The Bertz CT molecular complexity index is 747. The molecule has 2 aromatic carbocycles. The smallest absolute Gasteiger partial charge is 0.338 e. The first-order valence-electron chi connectivity index (χ1n) is 8.56. The Hall–Kier alpha value is -2.37. The average Bonchev–Trinajstić information content (AvgIpc) is 2.65. The highest BCUT2D eigenvalue weighted by atomic mass is 35.5. The van der Waals surface area contributed by atoms with Crippen molar-refractivity contribution in [1.82, 2.24) is 5.32 Å². The Labute approximate surface area is 158 Å². The number of amides is 1. The Morgan fingerprint density at radius 2 is 1.81 bits per heavy atom. The summed E-state index contributed by atoms with van der Waals surface area (Å²) >= 11 is 6.16. The highest BCUT2D eigenvalue weighted by Gasteiger charge is 2.11. The van der Waals surface area contributed by atoms with E-state index in [4.69, 9.17) is 16.3 Å². The number of halogens is 1. The van der Waals surface area contributed by atoms with Gasteiger partial charge in [0.25, 0.3) is 0 Å². The van der Waals surface area contributed by atoms with E-state index in [-0.39, 0.29) is 24.5 Å². The molecule has 0 radical (unpaired) electrons. The third-order valence-electron chi connectivity index (χ3n) is 3.78. The second kappa shape index (κ2) is 9.94. The maximum Gasteiger partial charge on any atom is 0.338 e. The van der Waals surface area contributed by atoms with E-state index < -0.39 is 0 Å². The maximum atomic E-state index is 12.1. The van der Waals surface area contributed by atoms with E-state index in [0.29, 0.717) is 22.9 Å². The highest BCUT2D eigenvalue weighted by molar-refractivity contribution is 6.31. The third kappa shape index (κ3) is 5.86. The van der Waals surface area contributed by atoms with Crippen LogP contribution in [0.5, 0.6) is 0 Å². The number of hydrogen-bond acceptors (Lipinski definition) is 4. The summed E-state index contributed by atoms with van der Waals surface area (Å²) in [7, 11) is 0. The first kappa shape index (κ1) is 19.9. The number of rotatable bonds is 8. The molecule has 2 aromatic rings. The number of carbonyl (C=O) groups is 2. The lowest BCUT2D eigenvalue weighted by molar-refractivity contribution is -0.115. The van der Waals surface area contributed by atoms with Crippen LogP contribution in [0.25, 0.3) is 0 Å². The summed E-state index contributed by atoms with van der Waals surface area (Å²) in [6.07, 6.45) is 0.777. The summed E-state index contributed by atoms with van der Waals surface area (Å²) in [6, 6.07) is 14.1. The molecule has 0 aromatic heterocycles. The molecule has 2 rings (SSSR count). The molecule has 0 unspecified atom stereocenters. The van der Waals surface area contributed by atoms with Gasteiger partial charge in [-0.3, -0.25) is 4.79 Å². The van der Waals surface area contributed by atoms with E-state index in [0.717, 1.165) is 12.0 Å². The molecule has 1 amide bonds. The van der Waals surface area contributed by atoms with E-state index in [1.807, 2.05) is 38.1 Å². The van der Waals surface area contributed by atoms with Gasteiger partial charge in [0.15, 0.2) is 0 Å². The molecule has 5 nitrogen and oxygen atoms in total. The van der Waals surface area contributed by atoms with Crippen molar-refractivity contribution in [1.29, 1.82) is 0 Å². The summed E-state index contributed by atoms with van der Waals surface area (Å²) in [6.45, 7) is 4.43. The molecule has 0 spiro atoms. The molecule has 0 heterocycles. The lowest BCUT2D eigenvalue weighted by Crippen LogP contribution is -2.30. The van der Waals surface area contributed by atoms with Gasteiger partial charge in [0, 0.05) is 16.8 Å². The number of anilines is 1. The standard InChI is InChI=1S/C20H23ClN2O3/c1-3-12-26-20(25)15-8-10-16(11-9-15)23-19(24)13-22-14(2)17-6-4-5-7-18(17)21/h4-11,14,22H,3,12-13H2,1-2H3,(H,23,24)/t14-/m0/s1. The number of benzene rings is 2. The number of carbonyl (C=O) groups excluding carboxylic acids is 2. The monoisotopic (exact) mass is 374 g/mol. The van der Waals surface area contributed by atoms with Crippen molar-refractivity contribution in [3.8, 4) is 0 Å². The quantitative estimate of drug-likeness (QED) is 0.679. The van der Waals surface area contributed by atoms with Gasteiger partial charge in [0.05, 0.1) is 18.7 Å². The molecule has 0 aliphatic carbocycles. The van der Waals surface area contributed by atoms with Crippen LogP contribution >= 0.6 is 11.6 Å². The minimum atomic E-state index is -0.361. The van der Waals surface area contributed by atoms with E-state index in [2.05, 4.69) is 10.6 Å². The lowest BCUT2D eigenvalue weighted by atomic mass is 10.1. The minimum Gasteiger partial charge on any atom is -0.462 e. The molecule has 2 N–H and O–H groups in total. The van der Waals surface area contributed by atoms with Crippen LogP contribution in [0.1, 0.15) is 42.2 Å². The van der Waals surface area contributed by atoms with Crippen LogP contribution in [0, 0.1) is 0 Å². The first-order chi connectivity index (χ1) is 12.5. The Balaban J connectivity index is 1.84. The topological polar surface area (TPSA) is 67.4 Å². The van der Waals surface area contributed by atoms with Gasteiger partial charge in [-0.2, -0.15) is 0 Å². The number of nitrogens with one attached hydrogen (secondary N) is 2. The Kier molecular flexibility index (Phi) is 7.63.